The van der Waals surface area contributed by atoms with E-state index in [1.807, 2.05) is 0 Å². The van der Waals surface area contributed by atoms with Gasteiger partial charge in [-0.15, -0.1) is 0 Å². The van der Waals surface area contributed by atoms with Gasteiger partial charge in [0.2, 0.25) is 0 Å². The number of hydrogen-bond donors (Lipinski definition) is 1. The maximum Gasteiger partial charge on any atom is 0.387 e. The van der Waals surface area contributed by atoms with Gasteiger partial charge in [0.15, 0.2) is 0 Å². The van der Waals surface area contributed by atoms with Crippen molar-refractivity contribution in [3.05, 3.63) is 29.8 Å². The number of hydrogen-bond acceptors (Lipinski definition) is 2. The van der Waals surface area contributed by atoms with Crippen LogP contribution in [0.3, 0.4) is 0 Å². The summed E-state index contributed by atoms with van der Waals surface area (Å²) >= 11 is 0. The standard InChI is InChI=1S/C9H10F2O2/c10-9(11)13-8-4-2-1-3-7(8)5-6-12/h1-4,9,12H,5-6H2. The first kappa shape index (κ1) is 9.92. The fraction of sp³-hybridized carbons (Fsp3) is 0.333. The third kappa shape index (κ3) is 2.99. The monoisotopic (exact) mass is 188 g/mol. The van der Waals surface area contributed by atoms with E-state index in [-0.39, 0.29) is 12.4 Å². The molecule has 72 valence electrons. The Bertz CT molecular complexity index is 264. The second-order valence-electron chi connectivity index (χ2n) is 2.46. The van der Waals surface area contributed by atoms with Crippen LogP contribution in [0.2, 0.25) is 0 Å². The maximum atomic E-state index is 11.9. The predicted octanol–water partition coefficient (Wildman–Crippen LogP) is 1.82. The molecule has 0 bridgehead atoms. The smallest absolute Gasteiger partial charge is 0.387 e. The fourth-order valence-corrected chi connectivity index (χ4v) is 1.04. The summed E-state index contributed by atoms with van der Waals surface area (Å²) < 4.78 is 28.0. The molecule has 0 atom stereocenters. The minimum atomic E-state index is -2.82. The molecule has 0 unspecified atom stereocenters. The van der Waals surface area contributed by atoms with Crippen LogP contribution in [-0.4, -0.2) is 18.3 Å². The van der Waals surface area contributed by atoms with Gasteiger partial charge in [-0.05, 0) is 18.1 Å². The molecule has 1 aromatic rings. The lowest BCUT2D eigenvalue weighted by Crippen LogP contribution is -2.05. The summed E-state index contributed by atoms with van der Waals surface area (Å²) in [5.41, 5.74) is 0.588. The summed E-state index contributed by atoms with van der Waals surface area (Å²) in [4.78, 5) is 0. The highest BCUT2D eigenvalue weighted by molar-refractivity contribution is 5.33. The third-order valence-electron chi connectivity index (χ3n) is 1.57. The lowest BCUT2D eigenvalue weighted by molar-refractivity contribution is -0.0505. The highest BCUT2D eigenvalue weighted by atomic mass is 19.3. The average Bonchev–Trinajstić information content (AvgIpc) is 2.08. The molecule has 0 spiro atoms. The summed E-state index contributed by atoms with van der Waals surface area (Å²) in [6.07, 6.45) is 0.322. The van der Waals surface area contributed by atoms with E-state index in [0.29, 0.717) is 12.0 Å². The van der Waals surface area contributed by atoms with E-state index in [0.717, 1.165) is 0 Å². The van der Waals surface area contributed by atoms with E-state index in [4.69, 9.17) is 5.11 Å². The molecule has 0 radical (unpaired) electrons. The van der Waals surface area contributed by atoms with Crippen LogP contribution in [0.1, 0.15) is 5.56 Å². The Morgan fingerprint density at radius 1 is 1.31 bits per heavy atom. The molecule has 0 aliphatic heterocycles. The Morgan fingerprint density at radius 3 is 2.62 bits per heavy atom. The molecule has 0 heterocycles. The Labute approximate surface area is 74.8 Å². The second kappa shape index (κ2) is 4.77. The number of benzene rings is 1. The summed E-state index contributed by atoms with van der Waals surface area (Å²) in [5.74, 6) is 0.131. The van der Waals surface area contributed by atoms with E-state index in [1.54, 1.807) is 18.2 Å². The highest BCUT2D eigenvalue weighted by Gasteiger charge is 2.07. The van der Waals surface area contributed by atoms with Crippen molar-refractivity contribution in [1.29, 1.82) is 0 Å². The molecular formula is C9H10F2O2. The van der Waals surface area contributed by atoms with Crippen molar-refractivity contribution in [3.8, 4) is 5.75 Å². The molecule has 4 heteroatoms. The molecule has 0 fully saturated rings. The number of halogens is 2. The van der Waals surface area contributed by atoms with Crippen LogP contribution in [0.15, 0.2) is 24.3 Å². The van der Waals surface area contributed by atoms with Gasteiger partial charge in [0.1, 0.15) is 5.75 Å². The SMILES string of the molecule is OCCc1ccccc1OC(F)F. The van der Waals surface area contributed by atoms with Crippen molar-refractivity contribution in [2.45, 2.75) is 13.0 Å². The highest BCUT2D eigenvalue weighted by Crippen LogP contribution is 2.20. The number of alkyl halides is 2. The molecule has 0 amide bonds. The van der Waals surface area contributed by atoms with Crippen molar-refractivity contribution in [2.75, 3.05) is 6.61 Å². The number of aliphatic hydroxyl groups excluding tert-OH is 1. The first-order chi connectivity index (χ1) is 6.24. The van der Waals surface area contributed by atoms with Crippen LogP contribution in [0.4, 0.5) is 8.78 Å². The van der Waals surface area contributed by atoms with E-state index in [2.05, 4.69) is 4.74 Å². The molecule has 0 saturated carbocycles. The zero-order chi connectivity index (χ0) is 9.68. The van der Waals surface area contributed by atoms with Gasteiger partial charge in [-0.25, -0.2) is 0 Å². The van der Waals surface area contributed by atoms with Crippen molar-refractivity contribution in [2.24, 2.45) is 0 Å². The zero-order valence-electron chi connectivity index (χ0n) is 6.91. The van der Waals surface area contributed by atoms with Gasteiger partial charge in [-0.3, -0.25) is 0 Å². The van der Waals surface area contributed by atoms with Gasteiger partial charge in [0.25, 0.3) is 0 Å². The Balaban J connectivity index is 2.78. The number of aliphatic hydroxyl groups is 1. The quantitative estimate of drug-likeness (QED) is 0.781. The van der Waals surface area contributed by atoms with Crippen LogP contribution in [0.25, 0.3) is 0 Å². The van der Waals surface area contributed by atoms with Crippen molar-refractivity contribution < 1.29 is 18.6 Å². The average molecular weight is 188 g/mol. The van der Waals surface area contributed by atoms with Gasteiger partial charge in [-0.1, -0.05) is 18.2 Å². The zero-order valence-corrected chi connectivity index (χ0v) is 6.91. The number of rotatable bonds is 4. The molecule has 13 heavy (non-hydrogen) atoms. The summed E-state index contributed by atoms with van der Waals surface area (Å²) in [6.45, 7) is -2.90. The first-order valence-corrected chi connectivity index (χ1v) is 3.87. The molecule has 1 aromatic carbocycles. The first-order valence-electron chi connectivity index (χ1n) is 3.87. The fourth-order valence-electron chi connectivity index (χ4n) is 1.04. The largest absolute Gasteiger partial charge is 0.435 e. The topological polar surface area (TPSA) is 29.5 Å². The van der Waals surface area contributed by atoms with E-state index in [9.17, 15) is 8.78 Å². The van der Waals surface area contributed by atoms with Gasteiger partial charge in [0.05, 0.1) is 0 Å². The Morgan fingerprint density at radius 2 is 2.00 bits per heavy atom. The molecule has 0 aromatic heterocycles. The molecule has 0 aliphatic rings. The lowest BCUT2D eigenvalue weighted by Gasteiger charge is -2.08. The molecular weight excluding hydrogens is 178 g/mol. The van der Waals surface area contributed by atoms with Crippen molar-refractivity contribution in [1.82, 2.24) is 0 Å². The van der Waals surface area contributed by atoms with Crippen molar-refractivity contribution >= 4 is 0 Å². The maximum absolute atomic E-state index is 11.9. The number of para-hydroxylation sites is 1. The van der Waals surface area contributed by atoms with Crippen LogP contribution in [-0.2, 0) is 6.42 Å². The molecule has 1 N–H and O–H groups in total. The van der Waals surface area contributed by atoms with Crippen molar-refractivity contribution in [3.63, 3.8) is 0 Å². The third-order valence-corrected chi connectivity index (χ3v) is 1.57. The predicted molar refractivity (Wildman–Crippen MR) is 43.9 cm³/mol. The summed E-state index contributed by atoms with van der Waals surface area (Å²) in [7, 11) is 0. The van der Waals surface area contributed by atoms with Gasteiger partial charge < -0.3 is 9.84 Å². The van der Waals surface area contributed by atoms with Crippen LogP contribution in [0, 0.1) is 0 Å². The van der Waals surface area contributed by atoms with E-state index >= 15 is 0 Å². The normalized spacial score (nSPS) is 10.5. The summed E-state index contributed by atoms with van der Waals surface area (Å²) in [6, 6.07) is 6.42. The Hall–Kier alpha value is -1.16. The second-order valence-corrected chi connectivity index (χ2v) is 2.46. The Kier molecular flexibility index (Phi) is 3.64. The molecule has 0 aliphatic carbocycles. The molecule has 0 saturated heterocycles. The lowest BCUT2D eigenvalue weighted by atomic mass is 10.1. The van der Waals surface area contributed by atoms with Gasteiger partial charge in [0, 0.05) is 6.61 Å². The van der Waals surface area contributed by atoms with E-state index < -0.39 is 6.61 Å². The van der Waals surface area contributed by atoms with Crippen LogP contribution in [0.5, 0.6) is 5.75 Å². The molecule has 2 nitrogen and oxygen atoms in total. The minimum Gasteiger partial charge on any atom is -0.435 e. The van der Waals surface area contributed by atoms with Crippen LogP contribution < -0.4 is 4.74 Å². The summed E-state index contributed by atoms with van der Waals surface area (Å²) in [5, 5.41) is 8.64. The number of ether oxygens (including phenoxy) is 1. The van der Waals surface area contributed by atoms with E-state index in [1.165, 1.54) is 6.07 Å². The van der Waals surface area contributed by atoms with Crippen LogP contribution >= 0.6 is 0 Å². The van der Waals surface area contributed by atoms with Gasteiger partial charge in [-0.2, -0.15) is 8.78 Å². The minimum absolute atomic E-state index is 0.0798. The molecule has 1 rings (SSSR count). The van der Waals surface area contributed by atoms with Gasteiger partial charge >= 0.3 is 6.61 Å².